The second-order valence-corrected chi connectivity index (χ2v) is 5.89. The molecule has 126 valence electrons. The van der Waals surface area contributed by atoms with Crippen molar-refractivity contribution < 1.29 is 4.92 Å². The van der Waals surface area contributed by atoms with Gasteiger partial charge in [0.15, 0.2) is 0 Å². The largest absolute Gasteiger partial charge is 0.376 e. The molecule has 0 saturated carbocycles. The molecule has 0 aliphatic rings. The summed E-state index contributed by atoms with van der Waals surface area (Å²) in [6, 6.07) is 12.7. The first-order valence-corrected chi connectivity index (χ1v) is 7.97. The minimum absolute atomic E-state index is 0.0310. The lowest BCUT2D eigenvalue weighted by molar-refractivity contribution is -0.384. The van der Waals surface area contributed by atoms with Gasteiger partial charge in [0.25, 0.3) is 5.69 Å². The average molecular weight is 355 g/mol. The van der Waals surface area contributed by atoms with Crippen LogP contribution in [0.25, 0.3) is 11.1 Å². The second kappa shape index (κ2) is 7.27. The molecule has 0 atom stereocenters. The van der Waals surface area contributed by atoms with E-state index in [9.17, 15) is 10.1 Å². The fraction of sp³-hybridized carbons (Fsp3) is 0.111. The third-order valence-electron chi connectivity index (χ3n) is 3.72. The topological polar surface area (TPSA) is 81.0 Å². The molecule has 0 radical (unpaired) electrons. The maximum absolute atomic E-state index is 10.9. The van der Waals surface area contributed by atoms with E-state index >= 15 is 0 Å². The molecule has 0 aliphatic heterocycles. The van der Waals surface area contributed by atoms with Crippen LogP contribution in [-0.2, 0) is 6.54 Å². The second-order valence-electron chi connectivity index (χ2n) is 5.48. The van der Waals surface area contributed by atoms with E-state index in [1.807, 2.05) is 30.3 Å². The number of nitro groups is 1. The first kappa shape index (κ1) is 16.9. The Hall–Kier alpha value is -2.99. The van der Waals surface area contributed by atoms with E-state index in [1.54, 1.807) is 19.3 Å². The lowest BCUT2D eigenvalue weighted by atomic mass is 10.1. The van der Waals surface area contributed by atoms with Crippen LogP contribution in [0.15, 0.2) is 54.9 Å². The van der Waals surface area contributed by atoms with Crippen molar-refractivity contribution in [2.75, 3.05) is 5.32 Å². The molecular formula is C18H15ClN4O2. The van der Waals surface area contributed by atoms with Crippen LogP contribution in [0.4, 0.5) is 11.4 Å². The lowest BCUT2D eigenvalue weighted by Crippen LogP contribution is -2.06. The fourth-order valence-electron chi connectivity index (χ4n) is 2.45. The van der Waals surface area contributed by atoms with Crippen LogP contribution in [0.1, 0.15) is 11.4 Å². The van der Waals surface area contributed by atoms with Crippen LogP contribution in [0.3, 0.4) is 0 Å². The number of anilines is 1. The normalized spacial score (nSPS) is 10.5. The third kappa shape index (κ3) is 3.92. The summed E-state index contributed by atoms with van der Waals surface area (Å²) in [6.07, 6.45) is 3.54. The van der Waals surface area contributed by atoms with Gasteiger partial charge in [0.1, 0.15) is 5.82 Å². The number of aryl methyl sites for hydroxylation is 1. The molecule has 0 bridgehead atoms. The Kier molecular flexibility index (Phi) is 4.90. The van der Waals surface area contributed by atoms with Crippen molar-refractivity contribution in [2.24, 2.45) is 0 Å². The number of benzene rings is 2. The molecule has 0 amide bonds. The Bertz CT molecular complexity index is 876. The number of hydrogen-bond acceptors (Lipinski definition) is 5. The van der Waals surface area contributed by atoms with Crippen molar-refractivity contribution in [1.82, 2.24) is 9.97 Å². The molecule has 3 rings (SSSR count). The molecule has 1 heterocycles. The fourth-order valence-corrected chi connectivity index (χ4v) is 2.78. The standard InChI is InChI=1S/C18H15ClN4O2/c1-12-7-15(23(24)25)8-16(19)18(12)22-11-17-20-9-14(10-21-17)13-5-3-2-4-6-13/h2-10,22H,11H2,1H3. The van der Waals surface area contributed by atoms with Gasteiger partial charge in [-0.1, -0.05) is 41.9 Å². The highest BCUT2D eigenvalue weighted by molar-refractivity contribution is 6.33. The van der Waals surface area contributed by atoms with Crippen molar-refractivity contribution in [2.45, 2.75) is 13.5 Å². The Morgan fingerprint density at radius 1 is 1.12 bits per heavy atom. The van der Waals surface area contributed by atoms with Gasteiger partial charge in [-0.15, -0.1) is 0 Å². The van der Waals surface area contributed by atoms with Crippen LogP contribution in [0, 0.1) is 17.0 Å². The van der Waals surface area contributed by atoms with E-state index < -0.39 is 4.92 Å². The SMILES string of the molecule is Cc1cc([N+](=O)[O-])cc(Cl)c1NCc1ncc(-c2ccccc2)cn1. The van der Waals surface area contributed by atoms with Crippen molar-refractivity contribution in [3.05, 3.63) is 81.4 Å². The highest BCUT2D eigenvalue weighted by Crippen LogP contribution is 2.31. The molecular weight excluding hydrogens is 340 g/mol. The number of halogens is 1. The summed E-state index contributed by atoms with van der Waals surface area (Å²) in [4.78, 5) is 19.1. The molecule has 0 fully saturated rings. The Morgan fingerprint density at radius 3 is 2.40 bits per heavy atom. The molecule has 25 heavy (non-hydrogen) atoms. The van der Waals surface area contributed by atoms with Crippen molar-refractivity contribution in [3.8, 4) is 11.1 Å². The van der Waals surface area contributed by atoms with Crippen molar-refractivity contribution >= 4 is 23.0 Å². The van der Waals surface area contributed by atoms with E-state index in [1.165, 1.54) is 12.1 Å². The zero-order valence-corrected chi connectivity index (χ0v) is 14.2. The summed E-state index contributed by atoms with van der Waals surface area (Å²) in [6.45, 7) is 2.13. The van der Waals surface area contributed by atoms with Gasteiger partial charge in [-0.2, -0.15) is 0 Å². The maximum Gasteiger partial charge on any atom is 0.271 e. The lowest BCUT2D eigenvalue weighted by Gasteiger charge is -2.11. The van der Waals surface area contributed by atoms with Gasteiger partial charge in [-0.3, -0.25) is 10.1 Å². The van der Waals surface area contributed by atoms with Crippen LogP contribution in [-0.4, -0.2) is 14.9 Å². The molecule has 1 N–H and O–H groups in total. The smallest absolute Gasteiger partial charge is 0.271 e. The number of nitro benzene ring substituents is 1. The van der Waals surface area contributed by atoms with E-state index in [2.05, 4.69) is 15.3 Å². The number of nitrogens with one attached hydrogen (secondary N) is 1. The van der Waals surface area contributed by atoms with E-state index in [0.717, 1.165) is 11.1 Å². The Labute approximate surface area is 149 Å². The summed E-state index contributed by atoms with van der Waals surface area (Å²) < 4.78 is 0. The predicted molar refractivity (Wildman–Crippen MR) is 97.6 cm³/mol. The average Bonchev–Trinajstić information content (AvgIpc) is 2.62. The summed E-state index contributed by atoms with van der Waals surface area (Å²) in [5.41, 5.74) is 3.30. The van der Waals surface area contributed by atoms with E-state index in [0.29, 0.717) is 28.6 Å². The first-order valence-electron chi connectivity index (χ1n) is 7.59. The predicted octanol–water partition coefficient (Wildman–Crippen LogP) is 4.63. The molecule has 3 aromatic rings. The summed E-state index contributed by atoms with van der Waals surface area (Å²) in [5.74, 6) is 0.605. The minimum atomic E-state index is -0.464. The highest BCUT2D eigenvalue weighted by atomic mass is 35.5. The molecule has 0 spiro atoms. The van der Waals surface area contributed by atoms with Crippen molar-refractivity contribution in [3.63, 3.8) is 0 Å². The summed E-state index contributed by atoms with van der Waals surface area (Å²) in [7, 11) is 0. The molecule has 0 saturated heterocycles. The molecule has 0 unspecified atom stereocenters. The van der Waals surface area contributed by atoms with Gasteiger partial charge in [-0.25, -0.2) is 9.97 Å². The number of nitrogens with zero attached hydrogens (tertiary/aromatic N) is 3. The van der Waals surface area contributed by atoms with E-state index in [4.69, 9.17) is 11.6 Å². The Morgan fingerprint density at radius 2 is 1.80 bits per heavy atom. The molecule has 1 aromatic heterocycles. The minimum Gasteiger partial charge on any atom is -0.376 e. The molecule has 6 nitrogen and oxygen atoms in total. The number of hydrogen-bond donors (Lipinski definition) is 1. The van der Waals surface area contributed by atoms with Gasteiger partial charge >= 0.3 is 0 Å². The van der Waals surface area contributed by atoms with Crippen LogP contribution < -0.4 is 5.32 Å². The maximum atomic E-state index is 10.9. The van der Waals surface area contributed by atoms with Gasteiger partial charge in [0.05, 0.1) is 22.2 Å². The quantitative estimate of drug-likeness (QED) is 0.533. The monoisotopic (exact) mass is 354 g/mol. The van der Waals surface area contributed by atoms with Crippen LogP contribution in [0.2, 0.25) is 5.02 Å². The summed E-state index contributed by atoms with van der Waals surface area (Å²) in [5, 5.41) is 14.3. The first-order chi connectivity index (χ1) is 12.0. The highest BCUT2D eigenvalue weighted by Gasteiger charge is 2.13. The van der Waals surface area contributed by atoms with E-state index in [-0.39, 0.29) is 5.69 Å². The van der Waals surface area contributed by atoms with Crippen molar-refractivity contribution in [1.29, 1.82) is 0 Å². The van der Waals surface area contributed by atoms with Gasteiger partial charge < -0.3 is 5.32 Å². The van der Waals surface area contributed by atoms with Gasteiger partial charge in [0, 0.05) is 30.1 Å². The zero-order valence-electron chi connectivity index (χ0n) is 13.4. The molecule has 7 heteroatoms. The third-order valence-corrected chi connectivity index (χ3v) is 4.02. The van der Waals surface area contributed by atoms with Gasteiger partial charge in [0.2, 0.25) is 0 Å². The Balaban J connectivity index is 1.73. The number of rotatable bonds is 5. The number of non-ortho nitro benzene ring substituents is 1. The van der Waals surface area contributed by atoms with Gasteiger partial charge in [-0.05, 0) is 18.1 Å². The van der Waals surface area contributed by atoms with Crippen LogP contribution >= 0.6 is 11.6 Å². The number of aromatic nitrogens is 2. The summed E-state index contributed by atoms with van der Waals surface area (Å²) >= 11 is 6.14. The molecule has 0 aliphatic carbocycles. The molecule has 2 aromatic carbocycles. The zero-order chi connectivity index (χ0) is 17.8. The van der Waals surface area contributed by atoms with Crippen LogP contribution in [0.5, 0.6) is 0 Å².